The number of nitrogens with one attached hydrogen (secondary N) is 1. The van der Waals surface area contributed by atoms with Crippen molar-refractivity contribution in [2.45, 2.75) is 18.9 Å². The van der Waals surface area contributed by atoms with E-state index >= 15 is 0 Å². The van der Waals surface area contributed by atoms with Crippen molar-refractivity contribution in [1.82, 2.24) is 4.90 Å². The highest BCUT2D eigenvalue weighted by Crippen LogP contribution is 2.30. The number of carbonyl (C=O) groups excluding carboxylic acids is 2. The molecule has 1 atom stereocenters. The maximum atomic E-state index is 13.4. The zero-order valence-corrected chi connectivity index (χ0v) is 18.0. The number of aliphatic carboxylic acids is 2. The highest BCUT2D eigenvalue weighted by Gasteiger charge is 2.36. The number of rotatable bonds is 10. The van der Waals surface area contributed by atoms with E-state index in [-0.39, 0.29) is 28.8 Å². The van der Waals surface area contributed by atoms with Crippen molar-refractivity contribution < 1.29 is 38.9 Å². The summed E-state index contributed by atoms with van der Waals surface area (Å²) in [4.78, 5) is 49.6. The van der Waals surface area contributed by atoms with Gasteiger partial charge in [-0.3, -0.25) is 15.0 Å². The first-order valence-corrected chi connectivity index (χ1v) is 10.3. The normalized spacial score (nSPS) is 14.9. The van der Waals surface area contributed by atoms with Crippen LogP contribution in [-0.4, -0.2) is 70.4 Å². The molecule has 0 unspecified atom stereocenters. The molecule has 0 radical (unpaired) electrons. The number of carboxylic acid groups (broad SMARTS) is 2. The molecule has 2 aromatic rings. The van der Waals surface area contributed by atoms with Crippen molar-refractivity contribution in [3.8, 4) is 11.5 Å². The van der Waals surface area contributed by atoms with E-state index < -0.39 is 37.0 Å². The number of Topliss-reactive ketones (excluding diaryl/α,β-unsaturated/α-hetero) is 1. The lowest BCUT2D eigenvalue weighted by Crippen LogP contribution is -2.40. The lowest BCUT2D eigenvalue weighted by molar-refractivity contribution is -0.140. The number of carboxylic acids is 2. The summed E-state index contributed by atoms with van der Waals surface area (Å²) in [5.41, 5.74) is 6.31. The van der Waals surface area contributed by atoms with E-state index in [2.05, 4.69) is 0 Å². The number of hydrogen-bond acceptors (Lipinski definition) is 7. The molecule has 1 aliphatic heterocycles. The quantitative estimate of drug-likeness (QED) is 0.227. The van der Waals surface area contributed by atoms with Gasteiger partial charge in [0.05, 0.1) is 11.6 Å². The van der Waals surface area contributed by atoms with Crippen LogP contribution in [0.15, 0.2) is 42.5 Å². The Morgan fingerprint density at radius 3 is 2.21 bits per heavy atom. The van der Waals surface area contributed by atoms with E-state index in [1.54, 1.807) is 12.1 Å². The Balaban J connectivity index is 1.85. The number of nitrogens with two attached hydrogens (primary N) is 1. The van der Waals surface area contributed by atoms with Gasteiger partial charge in [-0.05, 0) is 37.1 Å². The van der Waals surface area contributed by atoms with Crippen LogP contribution in [0.1, 0.15) is 39.1 Å². The lowest BCUT2D eigenvalue weighted by atomic mass is 10.00. The van der Waals surface area contributed by atoms with Crippen LogP contribution in [0.25, 0.3) is 0 Å². The monoisotopic (exact) mass is 469 g/mol. The van der Waals surface area contributed by atoms with Crippen LogP contribution in [-0.2, 0) is 9.59 Å². The smallest absolute Gasteiger partial charge is 0.341 e. The van der Waals surface area contributed by atoms with Crippen LogP contribution < -0.4 is 15.2 Å². The van der Waals surface area contributed by atoms with Gasteiger partial charge in [-0.25, -0.2) is 9.59 Å². The molecule has 1 heterocycles. The minimum absolute atomic E-state index is 0.0561. The number of amides is 1. The summed E-state index contributed by atoms with van der Waals surface area (Å²) in [7, 11) is 0. The van der Waals surface area contributed by atoms with Crippen molar-refractivity contribution in [2.75, 3.05) is 19.8 Å². The average molecular weight is 469 g/mol. The molecule has 34 heavy (non-hydrogen) atoms. The molecule has 2 aromatic carbocycles. The standard InChI is InChI=1S/C23H23N3O8/c24-22(25)13-3-5-14(6-4-13)23(32)26-9-1-2-17(26)21(31)16-8-7-15(33-11-19(27)28)10-18(16)34-12-20(29)30/h3-8,10,17H,1-2,9,11-12H2,(H3,24,25)(H,27,28)(H,29,30)/t17-/m0/s1. The first-order chi connectivity index (χ1) is 16.2. The number of benzene rings is 2. The Labute approximate surface area is 194 Å². The van der Waals surface area contributed by atoms with E-state index in [4.69, 9.17) is 30.8 Å². The Morgan fingerprint density at radius 1 is 0.971 bits per heavy atom. The number of carbonyl (C=O) groups is 4. The first-order valence-electron chi connectivity index (χ1n) is 10.3. The SMILES string of the molecule is N=C(N)c1ccc(C(=O)N2CCC[C@H]2C(=O)c2ccc(OCC(=O)O)cc2OCC(=O)O)cc1. The van der Waals surface area contributed by atoms with Crippen LogP contribution in [0.4, 0.5) is 0 Å². The van der Waals surface area contributed by atoms with Crippen molar-refractivity contribution in [2.24, 2.45) is 5.73 Å². The van der Waals surface area contributed by atoms with E-state index in [0.29, 0.717) is 30.5 Å². The van der Waals surface area contributed by atoms with Crippen LogP contribution in [0, 0.1) is 5.41 Å². The molecule has 0 aliphatic carbocycles. The third-order valence-electron chi connectivity index (χ3n) is 5.19. The van der Waals surface area contributed by atoms with E-state index in [0.717, 1.165) is 0 Å². The predicted molar refractivity (Wildman–Crippen MR) is 119 cm³/mol. The third kappa shape index (κ3) is 5.68. The number of ether oxygens (including phenoxy) is 2. The summed E-state index contributed by atoms with van der Waals surface area (Å²) in [6.07, 6.45) is 1.00. The predicted octanol–water partition coefficient (Wildman–Crippen LogP) is 1.38. The molecule has 1 amide bonds. The molecule has 1 saturated heterocycles. The molecule has 5 N–H and O–H groups in total. The zero-order chi connectivity index (χ0) is 24.8. The van der Waals surface area contributed by atoms with Crippen LogP contribution in [0.5, 0.6) is 11.5 Å². The minimum Gasteiger partial charge on any atom is -0.482 e. The van der Waals surface area contributed by atoms with Gasteiger partial charge < -0.3 is 30.3 Å². The zero-order valence-electron chi connectivity index (χ0n) is 18.0. The topological polar surface area (TPSA) is 180 Å². The maximum Gasteiger partial charge on any atom is 0.341 e. The molecule has 11 heteroatoms. The number of likely N-dealkylation sites (tertiary alicyclic amines) is 1. The highest BCUT2D eigenvalue weighted by molar-refractivity contribution is 6.06. The average Bonchev–Trinajstić information content (AvgIpc) is 3.30. The Kier molecular flexibility index (Phi) is 7.46. The molecule has 0 aromatic heterocycles. The van der Waals surface area contributed by atoms with Gasteiger partial charge in [0.2, 0.25) is 0 Å². The largest absolute Gasteiger partial charge is 0.482 e. The fourth-order valence-electron chi connectivity index (χ4n) is 3.62. The van der Waals surface area contributed by atoms with Crippen molar-refractivity contribution in [3.05, 3.63) is 59.2 Å². The molecular weight excluding hydrogens is 446 g/mol. The number of nitrogens with zero attached hydrogens (tertiary/aromatic N) is 1. The molecule has 3 rings (SSSR count). The Hall–Kier alpha value is -4.41. The first kappa shape index (κ1) is 24.2. The Morgan fingerprint density at radius 2 is 1.59 bits per heavy atom. The van der Waals surface area contributed by atoms with Gasteiger partial charge in [-0.2, -0.15) is 0 Å². The van der Waals surface area contributed by atoms with Gasteiger partial charge in [0, 0.05) is 23.7 Å². The summed E-state index contributed by atoms with van der Waals surface area (Å²) in [5.74, 6) is -3.38. The summed E-state index contributed by atoms with van der Waals surface area (Å²) in [6, 6.07) is 9.37. The molecule has 0 spiro atoms. The van der Waals surface area contributed by atoms with Crippen LogP contribution >= 0.6 is 0 Å². The summed E-state index contributed by atoms with van der Waals surface area (Å²) < 4.78 is 10.4. The summed E-state index contributed by atoms with van der Waals surface area (Å²) in [6.45, 7) is -0.994. The number of nitrogen functional groups attached to an aromatic ring is 1. The molecule has 0 bridgehead atoms. The van der Waals surface area contributed by atoms with Gasteiger partial charge in [-0.15, -0.1) is 0 Å². The van der Waals surface area contributed by atoms with Crippen LogP contribution in [0.3, 0.4) is 0 Å². The summed E-state index contributed by atoms with van der Waals surface area (Å²) >= 11 is 0. The second-order valence-corrected chi connectivity index (χ2v) is 7.53. The molecule has 1 fully saturated rings. The van der Waals surface area contributed by atoms with Crippen LogP contribution in [0.2, 0.25) is 0 Å². The van der Waals surface area contributed by atoms with Gasteiger partial charge >= 0.3 is 11.9 Å². The lowest BCUT2D eigenvalue weighted by Gasteiger charge is -2.24. The maximum absolute atomic E-state index is 13.4. The minimum atomic E-state index is -1.26. The molecule has 0 saturated carbocycles. The second-order valence-electron chi connectivity index (χ2n) is 7.53. The number of ketones is 1. The fourth-order valence-corrected chi connectivity index (χ4v) is 3.62. The second kappa shape index (κ2) is 10.5. The Bertz CT molecular complexity index is 1130. The third-order valence-corrected chi connectivity index (χ3v) is 5.19. The van der Waals surface area contributed by atoms with Gasteiger partial charge in [-0.1, -0.05) is 12.1 Å². The fraction of sp³-hybridized carbons (Fsp3) is 0.261. The van der Waals surface area contributed by atoms with Crippen molar-refractivity contribution in [1.29, 1.82) is 5.41 Å². The number of amidine groups is 1. The molecule has 11 nitrogen and oxygen atoms in total. The summed E-state index contributed by atoms with van der Waals surface area (Å²) in [5, 5.41) is 25.2. The van der Waals surface area contributed by atoms with E-state index in [1.807, 2.05) is 0 Å². The van der Waals surface area contributed by atoms with Gasteiger partial charge in [0.15, 0.2) is 19.0 Å². The van der Waals surface area contributed by atoms with Crippen molar-refractivity contribution >= 4 is 29.5 Å². The highest BCUT2D eigenvalue weighted by atomic mass is 16.5. The van der Waals surface area contributed by atoms with Gasteiger partial charge in [0.25, 0.3) is 5.91 Å². The van der Waals surface area contributed by atoms with E-state index in [1.165, 1.54) is 35.2 Å². The molecular formula is C23H23N3O8. The number of hydrogen-bond donors (Lipinski definition) is 4. The van der Waals surface area contributed by atoms with Gasteiger partial charge in [0.1, 0.15) is 17.3 Å². The molecule has 178 valence electrons. The van der Waals surface area contributed by atoms with E-state index in [9.17, 15) is 19.2 Å². The van der Waals surface area contributed by atoms with Crippen molar-refractivity contribution in [3.63, 3.8) is 0 Å². The molecule has 1 aliphatic rings.